The molecule has 3 aliphatic rings. The Bertz CT molecular complexity index is 1710. The number of carbonyl (C=O) groups is 1. The monoisotopic (exact) mass is 617 g/mol. The van der Waals surface area contributed by atoms with Gasteiger partial charge in [-0.05, 0) is 70.7 Å². The Morgan fingerprint density at radius 1 is 0.907 bits per heavy atom. The minimum Gasteiger partial charge on any atom is -0.378 e. The second kappa shape index (κ2) is 11.5. The Kier molecular flexibility index (Phi) is 7.54. The zero-order valence-corrected chi connectivity index (χ0v) is 25.1. The van der Waals surface area contributed by atoms with Gasteiger partial charge in [0.05, 0.1) is 28.7 Å². The van der Waals surface area contributed by atoms with Crippen molar-refractivity contribution in [3.05, 3.63) is 101 Å². The molecule has 2 atom stereocenters. The van der Waals surface area contributed by atoms with Crippen molar-refractivity contribution in [1.82, 2.24) is 4.31 Å². The predicted octanol–water partition coefficient (Wildman–Crippen LogP) is 5.60. The Morgan fingerprint density at radius 2 is 1.65 bits per heavy atom. The van der Waals surface area contributed by atoms with E-state index in [1.165, 1.54) is 17.4 Å². The van der Waals surface area contributed by atoms with Crippen molar-refractivity contribution in [1.29, 1.82) is 0 Å². The van der Waals surface area contributed by atoms with E-state index >= 15 is 4.39 Å². The minimum absolute atomic E-state index is 0.146. The van der Waals surface area contributed by atoms with Crippen LogP contribution >= 0.6 is 11.3 Å². The maximum Gasteiger partial charge on any atom is 0.268 e. The molecule has 2 unspecified atom stereocenters. The molecule has 2 saturated heterocycles. The number of amides is 1. The Balaban J connectivity index is 1.07. The summed E-state index contributed by atoms with van der Waals surface area (Å²) in [4.78, 5) is 18.1. The number of halogens is 1. The van der Waals surface area contributed by atoms with Crippen molar-refractivity contribution >= 4 is 38.6 Å². The number of ether oxygens (including phenoxy) is 1. The van der Waals surface area contributed by atoms with Gasteiger partial charge in [-0.15, -0.1) is 11.3 Å². The summed E-state index contributed by atoms with van der Waals surface area (Å²) in [5.41, 5.74) is 2.85. The molecule has 1 aliphatic carbocycles. The summed E-state index contributed by atoms with van der Waals surface area (Å²) in [6.07, 6.45) is 0. The number of benzene rings is 3. The van der Waals surface area contributed by atoms with Crippen LogP contribution in [0.15, 0.2) is 95.2 Å². The molecular formula is C33H32FN3O4S2. The Morgan fingerprint density at radius 3 is 2.35 bits per heavy atom. The Labute approximate surface area is 255 Å². The zero-order valence-electron chi connectivity index (χ0n) is 23.5. The van der Waals surface area contributed by atoms with Crippen LogP contribution in [0.2, 0.25) is 0 Å². The molecule has 0 spiro atoms. The summed E-state index contributed by atoms with van der Waals surface area (Å²) in [6, 6.07) is 25.4. The highest BCUT2D eigenvalue weighted by Crippen LogP contribution is 2.53. The molecule has 7 rings (SSSR count). The van der Waals surface area contributed by atoms with Crippen molar-refractivity contribution in [3.63, 3.8) is 0 Å². The van der Waals surface area contributed by atoms with Crippen LogP contribution in [0.5, 0.6) is 0 Å². The van der Waals surface area contributed by atoms with E-state index in [0.717, 1.165) is 11.1 Å². The van der Waals surface area contributed by atoms with Gasteiger partial charge >= 0.3 is 0 Å². The molecule has 3 aromatic carbocycles. The van der Waals surface area contributed by atoms with Gasteiger partial charge in [-0.1, -0.05) is 48.5 Å². The summed E-state index contributed by atoms with van der Waals surface area (Å²) in [6.45, 7) is 3.60. The van der Waals surface area contributed by atoms with Crippen molar-refractivity contribution in [2.75, 3.05) is 55.7 Å². The fraction of sp³-hybridized carbons (Fsp3) is 0.303. The van der Waals surface area contributed by atoms with Gasteiger partial charge in [0.15, 0.2) is 0 Å². The smallest absolute Gasteiger partial charge is 0.268 e. The van der Waals surface area contributed by atoms with Crippen LogP contribution in [0.1, 0.15) is 9.67 Å². The molecule has 1 aromatic heterocycles. The number of piperidine rings is 1. The average Bonchev–Trinajstić information content (AvgIpc) is 3.42. The number of sulfonamides is 1. The van der Waals surface area contributed by atoms with Gasteiger partial charge in [-0.2, -0.15) is 4.31 Å². The molecule has 0 N–H and O–H groups in total. The van der Waals surface area contributed by atoms with Crippen molar-refractivity contribution < 1.29 is 22.3 Å². The van der Waals surface area contributed by atoms with E-state index < -0.39 is 10.0 Å². The summed E-state index contributed by atoms with van der Waals surface area (Å²) < 4.78 is 49.6. The number of anilines is 2. The van der Waals surface area contributed by atoms with E-state index in [0.29, 0.717) is 62.2 Å². The lowest BCUT2D eigenvalue weighted by Crippen LogP contribution is -2.37. The molecule has 10 heteroatoms. The van der Waals surface area contributed by atoms with Crippen LogP contribution in [0, 0.1) is 23.6 Å². The molecule has 2 aliphatic heterocycles. The maximum absolute atomic E-state index is 15.4. The van der Waals surface area contributed by atoms with Crippen LogP contribution in [-0.2, 0) is 14.8 Å². The van der Waals surface area contributed by atoms with Crippen molar-refractivity contribution in [3.8, 4) is 11.1 Å². The zero-order chi connectivity index (χ0) is 29.6. The summed E-state index contributed by atoms with van der Waals surface area (Å²) in [7, 11) is -3.66. The number of thiophene rings is 1. The highest BCUT2D eigenvalue weighted by atomic mass is 32.2. The number of nitrogens with zero attached hydrogens (tertiary/aromatic N) is 3. The number of hydrogen-bond acceptors (Lipinski definition) is 6. The second-order valence-electron chi connectivity index (χ2n) is 11.3. The molecule has 3 heterocycles. The van der Waals surface area contributed by atoms with Crippen LogP contribution < -0.4 is 9.80 Å². The van der Waals surface area contributed by atoms with Crippen LogP contribution in [0.25, 0.3) is 11.1 Å². The average molecular weight is 618 g/mol. The highest BCUT2D eigenvalue weighted by molar-refractivity contribution is 7.89. The van der Waals surface area contributed by atoms with E-state index in [1.807, 2.05) is 58.8 Å². The molecule has 43 heavy (non-hydrogen) atoms. The predicted molar refractivity (Wildman–Crippen MR) is 167 cm³/mol. The lowest BCUT2D eigenvalue weighted by atomic mass is 10.1. The van der Waals surface area contributed by atoms with Crippen LogP contribution in [-0.4, -0.2) is 64.6 Å². The van der Waals surface area contributed by atoms with E-state index in [1.54, 1.807) is 39.5 Å². The van der Waals surface area contributed by atoms with Gasteiger partial charge in [0.1, 0.15) is 5.82 Å². The first kappa shape index (κ1) is 28.2. The molecule has 222 valence electrons. The summed E-state index contributed by atoms with van der Waals surface area (Å²) >= 11 is 1.36. The first-order chi connectivity index (χ1) is 20.9. The molecule has 4 aromatic rings. The topological polar surface area (TPSA) is 70.2 Å². The normalized spacial score (nSPS) is 21.9. The van der Waals surface area contributed by atoms with E-state index in [2.05, 4.69) is 0 Å². The van der Waals surface area contributed by atoms with Gasteiger partial charge in [0.2, 0.25) is 10.0 Å². The largest absolute Gasteiger partial charge is 0.378 e. The van der Waals surface area contributed by atoms with Crippen LogP contribution in [0.4, 0.5) is 15.8 Å². The molecule has 0 radical (unpaired) electrons. The number of hydrogen-bond donors (Lipinski definition) is 0. The van der Waals surface area contributed by atoms with Crippen molar-refractivity contribution in [2.24, 2.45) is 17.8 Å². The lowest BCUT2D eigenvalue weighted by molar-refractivity contribution is 0.0988. The lowest BCUT2D eigenvalue weighted by Gasteiger charge is -2.30. The minimum atomic E-state index is -3.66. The van der Waals surface area contributed by atoms with E-state index in [4.69, 9.17) is 4.74 Å². The molecule has 7 nitrogen and oxygen atoms in total. The molecule has 1 saturated carbocycles. The van der Waals surface area contributed by atoms with Gasteiger partial charge < -0.3 is 14.5 Å². The number of morpholine rings is 1. The standard InChI is InChI=1S/C33H32FN3O4S2/c34-30-19-25(11-12-31(30)35-13-15-41-16-14-35)37(33(38)32-10-5-17-42-32)22-29-27-20-36(21-28(27)29)43(39,40)26-9-4-8-24(18-26)23-6-2-1-3-7-23/h1-12,17-19,27-29H,13-16,20-22H2. The summed E-state index contributed by atoms with van der Waals surface area (Å²) in [5, 5.41) is 1.86. The first-order valence-corrected chi connectivity index (χ1v) is 16.9. The maximum atomic E-state index is 15.4. The third-order valence-electron chi connectivity index (χ3n) is 8.88. The first-order valence-electron chi connectivity index (χ1n) is 14.5. The fourth-order valence-electron chi connectivity index (χ4n) is 6.47. The summed E-state index contributed by atoms with van der Waals surface area (Å²) in [5.74, 6) is -0.0746. The molecule has 1 amide bonds. The van der Waals surface area contributed by atoms with Gasteiger partial charge in [0.25, 0.3) is 5.91 Å². The fourth-order valence-corrected chi connectivity index (χ4v) is 8.70. The van der Waals surface area contributed by atoms with Gasteiger partial charge in [-0.25, -0.2) is 12.8 Å². The SMILES string of the molecule is O=C(c1cccs1)N(CC1C2CN(S(=O)(=O)c3cccc(-c4ccccc4)c3)CC12)c1ccc(N2CCOCC2)c(F)c1. The third kappa shape index (κ3) is 5.48. The van der Waals surface area contributed by atoms with Gasteiger partial charge in [0, 0.05) is 38.4 Å². The Hall–Kier alpha value is -3.57. The molecular weight excluding hydrogens is 586 g/mol. The molecule has 3 fully saturated rings. The highest BCUT2D eigenvalue weighted by Gasteiger charge is 2.58. The van der Waals surface area contributed by atoms with Gasteiger partial charge in [-0.3, -0.25) is 4.79 Å². The van der Waals surface area contributed by atoms with Crippen molar-refractivity contribution in [2.45, 2.75) is 4.90 Å². The quantitative estimate of drug-likeness (QED) is 0.257. The van der Waals surface area contributed by atoms with E-state index in [-0.39, 0.29) is 34.4 Å². The number of rotatable bonds is 8. The number of carbonyl (C=O) groups excluding carboxylic acids is 1. The third-order valence-corrected chi connectivity index (χ3v) is 11.6. The molecule has 0 bridgehead atoms. The number of fused-ring (bicyclic) bond motifs is 1. The second-order valence-corrected chi connectivity index (χ2v) is 14.2. The van der Waals surface area contributed by atoms with E-state index in [9.17, 15) is 13.2 Å². The van der Waals surface area contributed by atoms with Crippen LogP contribution in [0.3, 0.4) is 0 Å².